The van der Waals surface area contributed by atoms with Gasteiger partial charge in [-0.15, -0.1) is 0 Å². The average Bonchev–Trinajstić information content (AvgIpc) is 3.02. The van der Waals surface area contributed by atoms with Crippen LogP contribution < -0.4 is 0 Å². The summed E-state index contributed by atoms with van der Waals surface area (Å²) < 4.78 is 0. The highest BCUT2D eigenvalue weighted by atomic mass is 16.6. The Morgan fingerprint density at radius 1 is 1.04 bits per heavy atom. The van der Waals surface area contributed by atoms with Gasteiger partial charge in [0.1, 0.15) is 0 Å². The first-order chi connectivity index (χ1) is 12.2. The van der Waals surface area contributed by atoms with Crippen molar-refractivity contribution in [3.8, 4) is 0 Å². The molecule has 1 saturated carbocycles. The minimum atomic E-state index is -3.55. The van der Waals surface area contributed by atoms with E-state index in [0.717, 1.165) is 19.3 Å². The third-order valence-electron chi connectivity index (χ3n) is 5.53. The number of hydrogen-bond acceptors (Lipinski definition) is 5. The molecule has 0 heterocycles. The van der Waals surface area contributed by atoms with Crippen LogP contribution >= 0.6 is 0 Å². The molecule has 0 aromatic heterocycles. The van der Waals surface area contributed by atoms with Gasteiger partial charge in [0.2, 0.25) is 5.79 Å². The minimum absolute atomic E-state index is 0.326. The van der Waals surface area contributed by atoms with Gasteiger partial charge in [0.25, 0.3) is 0 Å². The van der Waals surface area contributed by atoms with E-state index in [0.29, 0.717) is 24.7 Å². The van der Waals surface area contributed by atoms with Crippen molar-refractivity contribution >= 4 is 5.97 Å². The van der Waals surface area contributed by atoms with Crippen LogP contribution in [0, 0.1) is 11.8 Å². The van der Waals surface area contributed by atoms with Crippen LogP contribution in [-0.4, -0.2) is 43.1 Å². The Bertz CT molecular complexity index is 444. The Kier molecular flexibility index (Phi) is 9.79. The van der Waals surface area contributed by atoms with Crippen molar-refractivity contribution in [2.75, 3.05) is 0 Å². The zero-order chi connectivity index (χ0) is 19.6. The highest BCUT2D eigenvalue weighted by Gasteiger charge is 2.53. The number of aliphatic carboxylic acids is 1. The first kappa shape index (κ1) is 23.1. The van der Waals surface area contributed by atoms with Crippen molar-refractivity contribution in [3.63, 3.8) is 0 Å². The van der Waals surface area contributed by atoms with Crippen molar-refractivity contribution in [2.24, 2.45) is 11.8 Å². The van der Waals surface area contributed by atoms with Gasteiger partial charge in [0.05, 0.1) is 0 Å². The van der Waals surface area contributed by atoms with E-state index in [1.807, 2.05) is 0 Å². The Hall–Kier alpha value is -0.950. The van der Waals surface area contributed by atoms with Gasteiger partial charge in [-0.05, 0) is 50.4 Å². The molecule has 1 fully saturated rings. The van der Waals surface area contributed by atoms with Crippen LogP contribution in [0.2, 0.25) is 0 Å². The molecule has 1 aliphatic carbocycles. The predicted octanol–water partition coefficient (Wildman–Crippen LogP) is 2.94. The Morgan fingerprint density at radius 3 is 2.42 bits per heavy atom. The van der Waals surface area contributed by atoms with Crippen molar-refractivity contribution in [1.29, 1.82) is 0 Å². The molecule has 0 saturated heterocycles. The number of aliphatic hydroxyl groups is 4. The summed E-state index contributed by atoms with van der Waals surface area (Å²) in [6.45, 7) is 2.21. The monoisotopic (exact) mass is 372 g/mol. The van der Waals surface area contributed by atoms with Crippen LogP contribution in [0.1, 0.15) is 84.0 Å². The van der Waals surface area contributed by atoms with Gasteiger partial charge in [-0.1, -0.05) is 51.2 Å². The molecule has 152 valence electrons. The van der Waals surface area contributed by atoms with E-state index in [-0.39, 0.29) is 0 Å². The number of carbonyl (C=O) groups is 1. The van der Waals surface area contributed by atoms with Crippen LogP contribution in [0.3, 0.4) is 0 Å². The second kappa shape index (κ2) is 11.0. The van der Waals surface area contributed by atoms with Crippen molar-refractivity contribution in [3.05, 3.63) is 12.2 Å². The molecule has 0 radical (unpaired) electrons. The Balaban J connectivity index is 2.31. The van der Waals surface area contributed by atoms with Crippen LogP contribution in [0.15, 0.2) is 12.2 Å². The van der Waals surface area contributed by atoms with Gasteiger partial charge < -0.3 is 25.5 Å². The maximum absolute atomic E-state index is 10.7. The molecule has 1 rings (SSSR count). The fourth-order valence-electron chi connectivity index (χ4n) is 3.76. The summed E-state index contributed by atoms with van der Waals surface area (Å²) in [5, 5.41) is 46.5. The van der Waals surface area contributed by atoms with E-state index in [2.05, 4.69) is 19.1 Å². The molecule has 6 heteroatoms. The first-order valence-electron chi connectivity index (χ1n) is 10.0. The lowest BCUT2D eigenvalue weighted by molar-refractivity contribution is -0.346. The number of hydrogen-bond donors (Lipinski definition) is 5. The molecule has 5 N–H and O–H groups in total. The summed E-state index contributed by atoms with van der Waals surface area (Å²) in [5.41, 5.74) is 0. The summed E-state index contributed by atoms with van der Waals surface area (Å²) >= 11 is 0. The number of allylic oxidation sites excluding steroid dienone is 2. The minimum Gasteiger partial charge on any atom is -0.477 e. The molecular formula is C20H36O6. The number of rotatable bonds is 13. The van der Waals surface area contributed by atoms with Crippen molar-refractivity contribution < 1.29 is 30.3 Å². The molecule has 1 aliphatic rings. The van der Waals surface area contributed by atoms with Gasteiger partial charge in [-0.2, -0.15) is 0 Å². The lowest BCUT2D eigenvalue weighted by Crippen LogP contribution is -2.59. The molecular weight excluding hydrogens is 336 g/mol. The second-order valence-corrected chi connectivity index (χ2v) is 7.67. The molecule has 0 aromatic rings. The molecule has 0 aliphatic heterocycles. The van der Waals surface area contributed by atoms with Crippen LogP contribution in [0.5, 0.6) is 0 Å². The van der Waals surface area contributed by atoms with Gasteiger partial charge in [-0.3, -0.25) is 0 Å². The zero-order valence-corrected chi connectivity index (χ0v) is 15.9. The molecule has 0 aromatic carbocycles. The van der Waals surface area contributed by atoms with E-state index in [1.54, 1.807) is 0 Å². The summed E-state index contributed by atoms with van der Waals surface area (Å²) in [6, 6.07) is 0. The highest BCUT2D eigenvalue weighted by molar-refractivity contribution is 5.76. The van der Waals surface area contributed by atoms with Crippen molar-refractivity contribution in [2.45, 2.75) is 95.5 Å². The van der Waals surface area contributed by atoms with Gasteiger partial charge >= 0.3 is 11.8 Å². The van der Waals surface area contributed by atoms with E-state index >= 15 is 0 Å². The second-order valence-electron chi connectivity index (χ2n) is 7.67. The summed E-state index contributed by atoms with van der Waals surface area (Å²) in [4.78, 5) is 10.7. The fourth-order valence-corrected chi connectivity index (χ4v) is 3.76. The van der Waals surface area contributed by atoms with Gasteiger partial charge in [0, 0.05) is 6.42 Å². The first-order valence-corrected chi connectivity index (χ1v) is 10.0. The number of unbranched alkanes of at least 4 members (excludes halogenated alkanes) is 5. The smallest absolute Gasteiger partial charge is 0.370 e. The molecule has 0 unspecified atom stereocenters. The third-order valence-corrected chi connectivity index (χ3v) is 5.53. The predicted molar refractivity (Wildman–Crippen MR) is 99.2 cm³/mol. The molecule has 0 amide bonds. The van der Waals surface area contributed by atoms with Crippen LogP contribution in [0.25, 0.3) is 0 Å². The third kappa shape index (κ3) is 6.99. The maximum Gasteiger partial charge on any atom is 0.370 e. The normalized spacial score (nSPS) is 21.6. The summed E-state index contributed by atoms with van der Waals surface area (Å²) in [6.07, 6.45) is 15.9. The summed E-state index contributed by atoms with van der Waals surface area (Å²) in [7, 11) is 0. The SMILES string of the molecule is CCCCCCC=C[C@H]1CCC[C@@H]1CCCCC(O)(O)C(O)(O)C(=O)O. The number of carboxylic acid groups (broad SMARTS) is 1. The Morgan fingerprint density at radius 2 is 1.77 bits per heavy atom. The van der Waals surface area contributed by atoms with E-state index < -0.39 is 24.0 Å². The molecule has 0 bridgehead atoms. The fraction of sp³-hybridized carbons (Fsp3) is 0.850. The molecule has 0 spiro atoms. The van der Waals surface area contributed by atoms with Crippen molar-refractivity contribution in [1.82, 2.24) is 0 Å². The highest BCUT2D eigenvalue weighted by Crippen LogP contribution is 2.37. The lowest BCUT2D eigenvalue weighted by Gasteiger charge is -2.31. The molecule has 6 nitrogen and oxygen atoms in total. The standard InChI is InChI=1S/C20H36O6/c1-2-3-4-5-6-7-11-16-13-10-14-17(16)12-8-9-15-19(23,24)20(25,26)18(21)22/h7,11,16-17,23-26H,2-6,8-10,12-15H2,1H3,(H,21,22)/t16-,17-/m0/s1. The molecule has 26 heavy (non-hydrogen) atoms. The average molecular weight is 373 g/mol. The quantitative estimate of drug-likeness (QED) is 0.193. The maximum atomic E-state index is 10.7. The van der Waals surface area contributed by atoms with E-state index in [9.17, 15) is 25.2 Å². The van der Waals surface area contributed by atoms with E-state index in [4.69, 9.17) is 5.11 Å². The number of carboxylic acids is 1. The lowest BCUT2D eigenvalue weighted by atomic mass is 9.89. The largest absolute Gasteiger partial charge is 0.477 e. The molecule has 2 atom stereocenters. The van der Waals surface area contributed by atoms with E-state index in [1.165, 1.54) is 38.5 Å². The van der Waals surface area contributed by atoms with Crippen LogP contribution in [0.4, 0.5) is 0 Å². The Labute approximate surface area is 156 Å². The van der Waals surface area contributed by atoms with Crippen LogP contribution in [-0.2, 0) is 4.79 Å². The van der Waals surface area contributed by atoms with Gasteiger partial charge in [-0.25, -0.2) is 4.79 Å². The topological polar surface area (TPSA) is 118 Å². The van der Waals surface area contributed by atoms with Gasteiger partial charge in [0.15, 0.2) is 0 Å². The zero-order valence-electron chi connectivity index (χ0n) is 15.9. The summed E-state index contributed by atoms with van der Waals surface area (Å²) in [5.74, 6) is -7.53.